The molecule has 3 nitrogen and oxygen atoms in total. The van der Waals surface area contributed by atoms with E-state index in [1.54, 1.807) is 0 Å². The van der Waals surface area contributed by atoms with Gasteiger partial charge < -0.3 is 0 Å². The van der Waals surface area contributed by atoms with Gasteiger partial charge in [-0.1, -0.05) is 6.07 Å². The van der Waals surface area contributed by atoms with Gasteiger partial charge in [-0.25, -0.2) is 21.9 Å². The highest BCUT2D eigenvalue weighted by Gasteiger charge is 2.31. The SMILES string of the molecule is O=S(=O)(NCc1cc(F)cc(C(F)(F)F)c1)c1cccc(F)c1. The molecule has 0 aliphatic carbocycles. The number of hydrogen-bond donors (Lipinski definition) is 1. The Morgan fingerprint density at radius 1 is 0.957 bits per heavy atom. The Morgan fingerprint density at radius 2 is 1.65 bits per heavy atom. The van der Waals surface area contributed by atoms with E-state index in [1.165, 1.54) is 6.07 Å². The van der Waals surface area contributed by atoms with E-state index in [0.29, 0.717) is 12.1 Å². The van der Waals surface area contributed by atoms with Gasteiger partial charge in [-0.05, 0) is 42.0 Å². The second-order valence-electron chi connectivity index (χ2n) is 4.63. The van der Waals surface area contributed by atoms with Crippen LogP contribution in [0.5, 0.6) is 0 Å². The molecule has 0 aliphatic heterocycles. The molecule has 124 valence electrons. The van der Waals surface area contributed by atoms with Crippen LogP contribution in [0.3, 0.4) is 0 Å². The molecule has 0 atom stereocenters. The smallest absolute Gasteiger partial charge is 0.207 e. The zero-order valence-electron chi connectivity index (χ0n) is 11.4. The number of alkyl halides is 3. The van der Waals surface area contributed by atoms with Crippen molar-refractivity contribution in [3.63, 3.8) is 0 Å². The van der Waals surface area contributed by atoms with Crippen molar-refractivity contribution in [1.29, 1.82) is 0 Å². The minimum Gasteiger partial charge on any atom is -0.207 e. The monoisotopic (exact) mass is 351 g/mol. The predicted octanol–water partition coefficient (Wildman–Crippen LogP) is 3.46. The third-order valence-electron chi connectivity index (χ3n) is 2.86. The molecule has 0 spiro atoms. The second-order valence-corrected chi connectivity index (χ2v) is 6.39. The lowest BCUT2D eigenvalue weighted by Crippen LogP contribution is -2.23. The van der Waals surface area contributed by atoms with Gasteiger partial charge in [0.1, 0.15) is 11.6 Å². The molecule has 0 amide bonds. The predicted molar refractivity (Wildman–Crippen MR) is 71.8 cm³/mol. The van der Waals surface area contributed by atoms with E-state index in [4.69, 9.17) is 0 Å². The van der Waals surface area contributed by atoms with Crippen molar-refractivity contribution in [3.05, 3.63) is 65.2 Å². The fraction of sp³-hybridized carbons (Fsp3) is 0.143. The molecule has 0 bridgehead atoms. The van der Waals surface area contributed by atoms with Crippen LogP contribution in [0.1, 0.15) is 11.1 Å². The van der Waals surface area contributed by atoms with Crippen LogP contribution in [0.15, 0.2) is 47.4 Å². The molecule has 1 N–H and O–H groups in total. The molecule has 0 unspecified atom stereocenters. The number of rotatable bonds is 4. The maximum atomic E-state index is 13.2. The van der Waals surface area contributed by atoms with Gasteiger partial charge in [0.05, 0.1) is 10.5 Å². The van der Waals surface area contributed by atoms with E-state index in [2.05, 4.69) is 0 Å². The summed E-state index contributed by atoms with van der Waals surface area (Å²) >= 11 is 0. The molecule has 2 aromatic carbocycles. The topological polar surface area (TPSA) is 46.2 Å². The maximum absolute atomic E-state index is 13.2. The quantitative estimate of drug-likeness (QED) is 0.858. The second kappa shape index (κ2) is 6.25. The van der Waals surface area contributed by atoms with Gasteiger partial charge in [0.15, 0.2) is 0 Å². The van der Waals surface area contributed by atoms with Crippen LogP contribution in [0.2, 0.25) is 0 Å². The van der Waals surface area contributed by atoms with Gasteiger partial charge in [-0.2, -0.15) is 13.2 Å². The summed E-state index contributed by atoms with van der Waals surface area (Å²) in [6.07, 6.45) is -4.75. The van der Waals surface area contributed by atoms with Crippen molar-refractivity contribution in [2.75, 3.05) is 0 Å². The van der Waals surface area contributed by atoms with E-state index < -0.39 is 39.9 Å². The Balaban J connectivity index is 2.22. The summed E-state index contributed by atoms with van der Waals surface area (Å²) in [7, 11) is -4.14. The Morgan fingerprint density at radius 3 is 2.26 bits per heavy atom. The Hall–Kier alpha value is -2.00. The summed E-state index contributed by atoms with van der Waals surface area (Å²) in [5.41, 5.74) is -1.44. The van der Waals surface area contributed by atoms with Crippen LogP contribution in [0.4, 0.5) is 22.0 Å². The Bertz CT molecular complexity index is 818. The largest absolute Gasteiger partial charge is 0.416 e. The first-order valence-electron chi connectivity index (χ1n) is 6.20. The number of halogens is 5. The molecule has 0 heterocycles. The molecule has 0 radical (unpaired) electrons. The minimum absolute atomic E-state index is 0.211. The molecule has 0 aliphatic rings. The molecule has 9 heteroatoms. The van der Waals surface area contributed by atoms with Crippen molar-refractivity contribution in [3.8, 4) is 0 Å². The number of sulfonamides is 1. The summed E-state index contributed by atoms with van der Waals surface area (Å²) in [4.78, 5) is -0.384. The highest BCUT2D eigenvalue weighted by Crippen LogP contribution is 2.30. The molecular formula is C14H10F5NO2S. The number of hydrogen-bond acceptors (Lipinski definition) is 2. The lowest BCUT2D eigenvalue weighted by atomic mass is 10.1. The van der Waals surface area contributed by atoms with E-state index in [0.717, 1.165) is 24.3 Å². The van der Waals surface area contributed by atoms with Crippen molar-refractivity contribution >= 4 is 10.0 Å². The van der Waals surface area contributed by atoms with Crippen LogP contribution >= 0.6 is 0 Å². The zero-order valence-corrected chi connectivity index (χ0v) is 12.2. The summed E-state index contributed by atoms with van der Waals surface area (Å²) in [6, 6.07) is 5.83. The highest BCUT2D eigenvalue weighted by atomic mass is 32.2. The minimum atomic E-state index is -4.75. The summed E-state index contributed by atoms with van der Waals surface area (Å²) in [6.45, 7) is -0.570. The first-order chi connectivity index (χ1) is 10.6. The first-order valence-corrected chi connectivity index (χ1v) is 7.68. The van der Waals surface area contributed by atoms with E-state index in [-0.39, 0.29) is 10.5 Å². The first kappa shape index (κ1) is 17.4. The van der Waals surface area contributed by atoms with Crippen molar-refractivity contribution in [2.45, 2.75) is 17.6 Å². The van der Waals surface area contributed by atoms with Crippen molar-refractivity contribution in [2.24, 2.45) is 0 Å². The third-order valence-corrected chi connectivity index (χ3v) is 4.26. The third kappa shape index (κ3) is 4.49. The van der Waals surface area contributed by atoms with Gasteiger partial charge in [-0.3, -0.25) is 0 Å². The molecular weight excluding hydrogens is 341 g/mol. The van der Waals surface area contributed by atoms with Crippen LogP contribution in [0, 0.1) is 11.6 Å². The van der Waals surface area contributed by atoms with Gasteiger partial charge in [-0.15, -0.1) is 0 Å². The van der Waals surface area contributed by atoms with Gasteiger partial charge in [0.25, 0.3) is 0 Å². The summed E-state index contributed by atoms with van der Waals surface area (Å²) in [5.74, 6) is -1.92. The molecule has 2 rings (SSSR count). The van der Waals surface area contributed by atoms with Crippen LogP contribution in [0.25, 0.3) is 0 Å². The highest BCUT2D eigenvalue weighted by molar-refractivity contribution is 7.89. The van der Waals surface area contributed by atoms with E-state index in [9.17, 15) is 30.4 Å². The van der Waals surface area contributed by atoms with Crippen molar-refractivity contribution < 1.29 is 30.4 Å². The lowest BCUT2D eigenvalue weighted by Gasteiger charge is -2.11. The molecule has 0 aromatic heterocycles. The van der Waals surface area contributed by atoms with Crippen molar-refractivity contribution in [1.82, 2.24) is 4.72 Å². The summed E-state index contributed by atoms with van der Waals surface area (Å²) < 4.78 is 89.9. The number of benzene rings is 2. The normalized spacial score (nSPS) is 12.4. The molecule has 0 saturated carbocycles. The zero-order chi connectivity index (χ0) is 17.3. The fourth-order valence-electron chi connectivity index (χ4n) is 1.81. The fourth-order valence-corrected chi connectivity index (χ4v) is 2.86. The van der Waals surface area contributed by atoms with Crippen LogP contribution < -0.4 is 4.72 Å². The van der Waals surface area contributed by atoms with Gasteiger partial charge in [0.2, 0.25) is 10.0 Å². The Labute approximate surface area is 128 Å². The lowest BCUT2D eigenvalue weighted by molar-refractivity contribution is -0.137. The van der Waals surface area contributed by atoms with Crippen LogP contribution in [-0.4, -0.2) is 8.42 Å². The average Bonchev–Trinajstić information content (AvgIpc) is 2.44. The standard InChI is InChI=1S/C14H10F5NO2S/c15-11-2-1-3-13(7-11)23(21,22)20-8-9-4-10(14(17,18)19)6-12(16)5-9/h1-7,20H,8H2. The van der Waals surface area contributed by atoms with E-state index >= 15 is 0 Å². The number of nitrogens with one attached hydrogen (secondary N) is 1. The van der Waals surface area contributed by atoms with Gasteiger partial charge in [0, 0.05) is 6.54 Å². The molecule has 0 fully saturated rings. The Kier molecular flexibility index (Phi) is 4.71. The molecule has 23 heavy (non-hydrogen) atoms. The van der Waals surface area contributed by atoms with Crippen LogP contribution in [-0.2, 0) is 22.7 Å². The summed E-state index contributed by atoms with van der Waals surface area (Å²) in [5, 5.41) is 0. The maximum Gasteiger partial charge on any atom is 0.416 e. The van der Waals surface area contributed by atoms with Gasteiger partial charge >= 0.3 is 6.18 Å². The molecule has 2 aromatic rings. The van der Waals surface area contributed by atoms with E-state index in [1.807, 2.05) is 4.72 Å². The molecule has 0 saturated heterocycles. The average molecular weight is 351 g/mol.